The molecule has 1 aromatic heterocycles. The second-order valence-electron chi connectivity index (χ2n) is 3.93. The smallest absolute Gasteiger partial charge is 0.0937 e. The Morgan fingerprint density at radius 2 is 2.15 bits per heavy atom. The summed E-state index contributed by atoms with van der Waals surface area (Å²) in [6.07, 6.45) is 8.87. The molecule has 0 radical (unpaired) electrons. The van der Waals surface area contributed by atoms with Crippen LogP contribution in [0.4, 0.5) is 0 Å². The van der Waals surface area contributed by atoms with Crippen molar-refractivity contribution in [2.24, 2.45) is 0 Å². The summed E-state index contributed by atoms with van der Waals surface area (Å²) < 4.78 is 5.06. The Balaban J connectivity index is 2.05. The average molecular weight is 180 g/mol. The van der Waals surface area contributed by atoms with Crippen LogP contribution >= 0.6 is 0 Å². The molecule has 1 heterocycles. The molecule has 72 valence electrons. The van der Waals surface area contributed by atoms with E-state index < -0.39 is 0 Å². The summed E-state index contributed by atoms with van der Waals surface area (Å²) in [6, 6.07) is 2.02. The normalized spacial score (nSPS) is 29.9. The third-order valence-electron chi connectivity index (χ3n) is 2.91. The van der Waals surface area contributed by atoms with Gasteiger partial charge in [-0.05, 0) is 36.8 Å². The molecule has 2 atom stereocenters. The van der Waals surface area contributed by atoms with E-state index >= 15 is 0 Å². The van der Waals surface area contributed by atoms with E-state index in [0.29, 0.717) is 5.92 Å². The van der Waals surface area contributed by atoms with Gasteiger partial charge in [-0.15, -0.1) is 0 Å². The molecule has 2 rings (SSSR count). The first kappa shape index (κ1) is 8.82. The highest BCUT2D eigenvalue weighted by molar-refractivity contribution is 5.12. The highest BCUT2D eigenvalue weighted by Crippen LogP contribution is 2.31. The summed E-state index contributed by atoms with van der Waals surface area (Å²) in [5.41, 5.74) is 1.25. The Labute approximate surface area is 78.6 Å². The fourth-order valence-corrected chi connectivity index (χ4v) is 2.14. The van der Waals surface area contributed by atoms with Gasteiger partial charge in [0, 0.05) is 0 Å². The van der Waals surface area contributed by atoms with Crippen LogP contribution < -0.4 is 0 Å². The SMILES string of the molecule is OC1CCCCC(c2ccoc2)C1. The molecule has 1 fully saturated rings. The zero-order valence-electron chi connectivity index (χ0n) is 7.78. The van der Waals surface area contributed by atoms with E-state index in [2.05, 4.69) is 0 Å². The van der Waals surface area contributed by atoms with Gasteiger partial charge in [0.15, 0.2) is 0 Å². The molecule has 1 aliphatic carbocycles. The molecule has 1 aromatic rings. The van der Waals surface area contributed by atoms with Crippen LogP contribution in [0.15, 0.2) is 23.0 Å². The van der Waals surface area contributed by atoms with Crippen molar-refractivity contribution >= 4 is 0 Å². The van der Waals surface area contributed by atoms with Crippen molar-refractivity contribution in [2.45, 2.75) is 44.1 Å². The molecule has 1 N–H and O–H groups in total. The maximum Gasteiger partial charge on any atom is 0.0937 e. The first-order valence-corrected chi connectivity index (χ1v) is 5.06. The van der Waals surface area contributed by atoms with Gasteiger partial charge in [0.1, 0.15) is 0 Å². The number of rotatable bonds is 1. The lowest BCUT2D eigenvalue weighted by Gasteiger charge is -2.13. The number of aliphatic hydroxyl groups is 1. The summed E-state index contributed by atoms with van der Waals surface area (Å²) in [5.74, 6) is 0.510. The lowest BCUT2D eigenvalue weighted by Crippen LogP contribution is -2.08. The minimum Gasteiger partial charge on any atom is -0.472 e. The fourth-order valence-electron chi connectivity index (χ4n) is 2.14. The molecule has 0 aromatic carbocycles. The molecule has 1 aliphatic rings. The van der Waals surface area contributed by atoms with Gasteiger partial charge in [0.2, 0.25) is 0 Å². The van der Waals surface area contributed by atoms with E-state index in [-0.39, 0.29) is 6.10 Å². The first-order valence-electron chi connectivity index (χ1n) is 5.06. The van der Waals surface area contributed by atoms with Gasteiger partial charge in [-0.3, -0.25) is 0 Å². The van der Waals surface area contributed by atoms with E-state index in [1.54, 1.807) is 6.26 Å². The largest absolute Gasteiger partial charge is 0.472 e. The fraction of sp³-hybridized carbons (Fsp3) is 0.636. The first-order chi connectivity index (χ1) is 6.36. The molecular formula is C11H16O2. The molecule has 0 bridgehead atoms. The molecule has 13 heavy (non-hydrogen) atoms. The minimum atomic E-state index is -0.109. The highest BCUT2D eigenvalue weighted by atomic mass is 16.3. The molecule has 0 aliphatic heterocycles. The van der Waals surface area contributed by atoms with Gasteiger partial charge in [-0.1, -0.05) is 12.8 Å². The van der Waals surface area contributed by atoms with Crippen LogP contribution in [0.2, 0.25) is 0 Å². The summed E-state index contributed by atoms with van der Waals surface area (Å²) >= 11 is 0. The Morgan fingerprint density at radius 3 is 2.92 bits per heavy atom. The Kier molecular flexibility index (Phi) is 2.69. The third kappa shape index (κ3) is 2.13. The standard InChI is InChI=1S/C11H16O2/c12-11-4-2-1-3-9(7-11)10-5-6-13-8-10/h5-6,8-9,11-12H,1-4,7H2. The van der Waals surface area contributed by atoms with E-state index in [9.17, 15) is 5.11 Å². The van der Waals surface area contributed by atoms with Crippen molar-refractivity contribution in [1.82, 2.24) is 0 Å². The van der Waals surface area contributed by atoms with Crippen molar-refractivity contribution in [3.8, 4) is 0 Å². The maximum atomic E-state index is 9.63. The maximum absolute atomic E-state index is 9.63. The van der Waals surface area contributed by atoms with E-state index in [1.165, 1.54) is 18.4 Å². The molecule has 0 amide bonds. The number of furan rings is 1. The molecule has 2 heteroatoms. The van der Waals surface area contributed by atoms with Crippen molar-refractivity contribution in [3.63, 3.8) is 0 Å². The molecule has 2 unspecified atom stereocenters. The van der Waals surface area contributed by atoms with Gasteiger partial charge in [0.05, 0.1) is 18.6 Å². The summed E-state index contributed by atoms with van der Waals surface area (Å²) in [5, 5.41) is 9.63. The molecule has 0 saturated heterocycles. The van der Waals surface area contributed by atoms with Gasteiger partial charge in [-0.2, -0.15) is 0 Å². The highest BCUT2D eigenvalue weighted by Gasteiger charge is 2.20. The van der Waals surface area contributed by atoms with Crippen LogP contribution in [0, 0.1) is 0 Å². The summed E-state index contributed by atoms with van der Waals surface area (Å²) in [7, 11) is 0. The number of aliphatic hydroxyl groups excluding tert-OH is 1. The average Bonchev–Trinajstić information content (AvgIpc) is 2.56. The van der Waals surface area contributed by atoms with Crippen LogP contribution in [0.1, 0.15) is 43.6 Å². The number of hydrogen-bond donors (Lipinski definition) is 1. The molecule has 1 saturated carbocycles. The van der Waals surface area contributed by atoms with Crippen molar-refractivity contribution in [2.75, 3.05) is 0 Å². The minimum absolute atomic E-state index is 0.109. The van der Waals surface area contributed by atoms with Crippen LogP contribution in [-0.2, 0) is 0 Å². The van der Waals surface area contributed by atoms with Crippen molar-refractivity contribution in [1.29, 1.82) is 0 Å². The second kappa shape index (κ2) is 3.97. The van der Waals surface area contributed by atoms with Crippen LogP contribution in [0.3, 0.4) is 0 Å². The van der Waals surface area contributed by atoms with Gasteiger partial charge in [-0.25, -0.2) is 0 Å². The van der Waals surface area contributed by atoms with Gasteiger partial charge >= 0.3 is 0 Å². The Morgan fingerprint density at radius 1 is 1.31 bits per heavy atom. The van der Waals surface area contributed by atoms with Gasteiger partial charge < -0.3 is 9.52 Å². The lowest BCUT2D eigenvalue weighted by atomic mass is 9.93. The van der Waals surface area contributed by atoms with Gasteiger partial charge in [0.25, 0.3) is 0 Å². The number of hydrogen-bond acceptors (Lipinski definition) is 2. The third-order valence-corrected chi connectivity index (χ3v) is 2.91. The second-order valence-corrected chi connectivity index (χ2v) is 3.93. The van der Waals surface area contributed by atoms with E-state index in [1.807, 2.05) is 12.3 Å². The molecule has 0 spiro atoms. The predicted octanol–water partition coefficient (Wildman–Crippen LogP) is 2.69. The molecular weight excluding hydrogens is 164 g/mol. The van der Waals surface area contributed by atoms with E-state index in [0.717, 1.165) is 19.3 Å². The predicted molar refractivity (Wildman–Crippen MR) is 50.5 cm³/mol. The Hall–Kier alpha value is -0.760. The van der Waals surface area contributed by atoms with Crippen molar-refractivity contribution < 1.29 is 9.52 Å². The quantitative estimate of drug-likeness (QED) is 0.674. The van der Waals surface area contributed by atoms with Crippen molar-refractivity contribution in [3.05, 3.63) is 24.2 Å². The topological polar surface area (TPSA) is 33.4 Å². The Bertz CT molecular complexity index is 241. The van der Waals surface area contributed by atoms with Crippen LogP contribution in [0.25, 0.3) is 0 Å². The van der Waals surface area contributed by atoms with E-state index in [4.69, 9.17) is 4.42 Å². The van der Waals surface area contributed by atoms with Crippen LogP contribution in [-0.4, -0.2) is 11.2 Å². The van der Waals surface area contributed by atoms with Crippen LogP contribution in [0.5, 0.6) is 0 Å². The lowest BCUT2D eigenvalue weighted by molar-refractivity contribution is 0.152. The summed E-state index contributed by atoms with van der Waals surface area (Å²) in [4.78, 5) is 0. The molecule has 2 nitrogen and oxygen atoms in total. The zero-order chi connectivity index (χ0) is 9.10. The zero-order valence-corrected chi connectivity index (χ0v) is 7.78. The summed E-state index contributed by atoms with van der Waals surface area (Å²) in [6.45, 7) is 0. The monoisotopic (exact) mass is 180 g/mol.